The van der Waals surface area contributed by atoms with Crippen LogP contribution in [0.25, 0.3) is 11.1 Å². The molecular weight excluding hydrogens is 338 g/mol. The average molecular weight is 358 g/mol. The lowest BCUT2D eigenvalue weighted by Crippen LogP contribution is -2.36. The fourth-order valence-electron chi connectivity index (χ4n) is 2.62. The van der Waals surface area contributed by atoms with Crippen molar-refractivity contribution in [2.75, 3.05) is 13.2 Å². The molecule has 0 radical (unpaired) electrons. The Morgan fingerprint density at radius 2 is 2.00 bits per heavy atom. The number of ether oxygens (including phenoxy) is 1. The molecule has 0 bridgehead atoms. The van der Waals surface area contributed by atoms with E-state index in [2.05, 4.69) is 4.98 Å². The van der Waals surface area contributed by atoms with Crippen molar-refractivity contribution in [2.45, 2.75) is 49.2 Å². The monoisotopic (exact) mass is 357 g/mol. The first-order valence-corrected chi connectivity index (χ1v) is 9.34. The van der Waals surface area contributed by atoms with Crippen LogP contribution in [0.2, 0.25) is 5.02 Å². The molecule has 0 spiro atoms. The number of hydrogen-bond acceptors (Lipinski definition) is 5. The topological polar surface area (TPSA) is 69.4 Å². The van der Waals surface area contributed by atoms with E-state index in [0.29, 0.717) is 24.4 Å². The standard InChI is InChI=1S/C16H20ClNO4S/c1-15(2,3)14-18-11-6-5-10(17)13(12(11)22-14)23(19,20)16(4)7-8-21-9-16/h5-6H,7-9H2,1-4H3/t16-/m1/s1. The molecule has 7 heteroatoms. The van der Waals surface area contributed by atoms with Crippen LogP contribution in [0, 0.1) is 0 Å². The van der Waals surface area contributed by atoms with Crippen molar-refractivity contribution in [1.29, 1.82) is 0 Å². The second-order valence-corrected chi connectivity index (χ2v) is 10.1. The summed E-state index contributed by atoms with van der Waals surface area (Å²) < 4.78 is 36.5. The van der Waals surface area contributed by atoms with E-state index in [-0.39, 0.29) is 27.5 Å². The highest BCUT2D eigenvalue weighted by Crippen LogP contribution is 2.41. The van der Waals surface area contributed by atoms with Gasteiger partial charge in [0.05, 0.1) is 16.4 Å². The Morgan fingerprint density at radius 1 is 1.30 bits per heavy atom. The number of benzene rings is 1. The molecule has 1 atom stereocenters. The van der Waals surface area contributed by atoms with Crippen molar-refractivity contribution in [1.82, 2.24) is 4.98 Å². The van der Waals surface area contributed by atoms with E-state index in [1.807, 2.05) is 20.8 Å². The van der Waals surface area contributed by atoms with Crippen LogP contribution >= 0.6 is 11.6 Å². The number of hydrogen-bond donors (Lipinski definition) is 0. The number of sulfone groups is 1. The number of fused-ring (bicyclic) bond motifs is 1. The highest BCUT2D eigenvalue weighted by molar-refractivity contribution is 7.93. The highest BCUT2D eigenvalue weighted by Gasteiger charge is 2.46. The maximum atomic E-state index is 13.2. The third-order valence-electron chi connectivity index (χ3n) is 4.21. The molecule has 0 N–H and O–H groups in total. The minimum atomic E-state index is -3.72. The number of oxazole rings is 1. The highest BCUT2D eigenvalue weighted by atomic mass is 35.5. The first kappa shape index (κ1) is 16.7. The number of rotatable bonds is 2. The van der Waals surface area contributed by atoms with Crippen molar-refractivity contribution < 1.29 is 17.6 Å². The van der Waals surface area contributed by atoms with Crippen molar-refractivity contribution in [3.8, 4) is 0 Å². The largest absolute Gasteiger partial charge is 0.439 e. The van der Waals surface area contributed by atoms with Crippen molar-refractivity contribution in [2.24, 2.45) is 0 Å². The van der Waals surface area contributed by atoms with Crippen LogP contribution in [0.1, 0.15) is 40.0 Å². The van der Waals surface area contributed by atoms with Crippen LogP contribution in [-0.4, -0.2) is 31.4 Å². The van der Waals surface area contributed by atoms with Crippen LogP contribution in [0.4, 0.5) is 0 Å². The maximum absolute atomic E-state index is 13.2. The summed E-state index contributed by atoms with van der Waals surface area (Å²) in [6.45, 7) is 8.14. The molecule has 5 nitrogen and oxygen atoms in total. The van der Waals surface area contributed by atoms with E-state index in [9.17, 15) is 8.42 Å². The molecule has 2 aromatic rings. The summed E-state index contributed by atoms with van der Waals surface area (Å²) in [5.74, 6) is 0.485. The van der Waals surface area contributed by atoms with Gasteiger partial charge < -0.3 is 9.15 Å². The Balaban J connectivity index is 2.28. The maximum Gasteiger partial charge on any atom is 0.200 e. The summed E-state index contributed by atoms with van der Waals surface area (Å²) in [5, 5.41) is 0.155. The van der Waals surface area contributed by atoms with Gasteiger partial charge in [-0.15, -0.1) is 0 Å². The fraction of sp³-hybridized carbons (Fsp3) is 0.562. The van der Waals surface area contributed by atoms with Crippen LogP contribution < -0.4 is 0 Å². The molecule has 0 saturated carbocycles. The summed E-state index contributed by atoms with van der Waals surface area (Å²) in [5.41, 5.74) is 0.406. The normalized spacial score (nSPS) is 22.8. The predicted octanol–water partition coefficient (Wildman–Crippen LogP) is 3.73. The fourth-order valence-corrected chi connectivity index (χ4v) is 4.87. The van der Waals surface area contributed by atoms with Crippen LogP contribution in [0.3, 0.4) is 0 Å². The second-order valence-electron chi connectivity index (χ2n) is 7.25. The lowest BCUT2D eigenvalue weighted by atomic mass is 9.97. The molecule has 1 aliphatic rings. The van der Waals surface area contributed by atoms with Gasteiger partial charge in [-0.25, -0.2) is 13.4 Å². The molecule has 0 aliphatic carbocycles. The zero-order chi connectivity index (χ0) is 17.0. The minimum absolute atomic E-state index is 0.0210. The SMILES string of the molecule is CC(C)(C)c1nc2ccc(Cl)c(S(=O)(=O)[C@]3(C)CCOC3)c2o1. The predicted molar refractivity (Wildman–Crippen MR) is 88.7 cm³/mol. The van der Waals surface area contributed by atoms with E-state index >= 15 is 0 Å². The van der Waals surface area contributed by atoms with Gasteiger partial charge in [-0.2, -0.15) is 0 Å². The third-order valence-corrected chi connectivity index (χ3v) is 7.20. The molecule has 1 aliphatic heterocycles. The summed E-state index contributed by atoms with van der Waals surface area (Å²) in [6.07, 6.45) is 0.433. The van der Waals surface area contributed by atoms with Gasteiger partial charge >= 0.3 is 0 Å². The smallest absolute Gasteiger partial charge is 0.200 e. The van der Waals surface area contributed by atoms with Crippen LogP contribution in [-0.2, 0) is 20.0 Å². The second kappa shape index (κ2) is 5.19. The van der Waals surface area contributed by atoms with Crippen molar-refractivity contribution in [3.63, 3.8) is 0 Å². The van der Waals surface area contributed by atoms with E-state index < -0.39 is 14.6 Å². The van der Waals surface area contributed by atoms with Gasteiger partial charge in [0.2, 0.25) is 5.89 Å². The molecule has 0 amide bonds. The molecule has 1 saturated heterocycles. The number of halogens is 1. The van der Waals surface area contributed by atoms with Gasteiger partial charge in [-0.3, -0.25) is 0 Å². The Hall–Kier alpha value is -1.11. The first-order valence-electron chi connectivity index (χ1n) is 7.48. The van der Waals surface area contributed by atoms with Gasteiger partial charge in [-0.1, -0.05) is 32.4 Å². The van der Waals surface area contributed by atoms with E-state index in [1.54, 1.807) is 19.1 Å². The number of aromatic nitrogens is 1. The molecule has 2 heterocycles. The van der Waals surface area contributed by atoms with Crippen molar-refractivity contribution in [3.05, 3.63) is 23.0 Å². The Bertz CT molecular complexity index is 858. The first-order chi connectivity index (χ1) is 10.6. The van der Waals surface area contributed by atoms with Crippen LogP contribution in [0.5, 0.6) is 0 Å². The van der Waals surface area contributed by atoms with Crippen molar-refractivity contribution >= 4 is 32.5 Å². The number of nitrogens with zero attached hydrogens (tertiary/aromatic N) is 1. The Morgan fingerprint density at radius 3 is 2.57 bits per heavy atom. The molecule has 3 rings (SSSR count). The van der Waals surface area contributed by atoms with Crippen LogP contribution in [0.15, 0.2) is 21.4 Å². The summed E-state index contributed by atoms with van der Waals surface area (Å²) >= 11 is 6.24. The zero-order valence-electron chi connectivity index (χ0n) is 13.6. The summed E-state index contributed by atoms with van der Waals surface area (Å²) in [6, 6.07) is 3.24. The van der Waals surface area contributed by atoms with Gasteiger partial charge in [0.1, 0.15) is 10.4 Å². The molecule has 126 valence electrons. The average Bonchev–Trinajstić information content (AvgIpc) is 3.04. The molecule has 1 aromatic heterocycles. The zero-order valence-corrected chi connectivity index (χ0v) is 15.2. The summed E-state index contributed by atoms with van der Waals surface area (Å²) in [4.78, 5) is 4.45. The molecular formula is C16H20ClNO4S. The van der Waals surface area contributed by atoms with Gasteiger partial charge in [0, 0.05) is 12.0 Å². The minimum Gasteiger partial charge on any atom is -0.439 e. The van der Waals surface area contributed by atoms with E-state index in [1.165, 1.54) is 0 Å². The molecule has 1 aromatic carbocycles. The summed E-state index contributed by atoms with van der Waals surface area (Å²) in [7, 11) is -3.72. The molecule has 23 heavy (non-hydrogen) atoms. The quantitative estimate of drug-likeness (QED) is 0.819. The van der Waals surface area contributed by atoms with Gasteiger partial charge in [0.15, 0.2) is 15.4 Å². The van der Waals surface area contributed by atoms with Gasteiger partial charge in [0.25, 0.3) is 0 Å². The Kier molecular flexibility index (Phi) is 3.78. The molecule has 0 unspecified atom stereocenters. The Labute approximate surface area is 140 Å². The lowest BCUT2D eigenvalue weighted by molar-refractivity contribution is 0.191. The van der Waals surface area contributed by atoms with E-state index in [0.717, 1.165) is 0 Å². The third kappa shape index (κ3) is 2.57. The molecule has 1 fully saturated rings. The lowest BCUT2D eigenvalue weighted by Gasteiger charge is -2.22. The van der Waals surface area contributed by atoms with Gasteiger partial charge in [-0.05, 0) is 25.5 Å². The van der Waals surface area contributed by atoms with E-state index in [4.69, 9.17) is 20.8 Å².